The Bertz CT molecular complexity index is 1200. The maximum atomic E-state index is 12.5. The van der Waals surface area contributed by atoms with Gasteiger partial charge in [-0.05, 0) is 44.2 Å². The Morgan fingerprint density at radius 1 is 1.15 bits per heavy atom. The molecule has 0 aliphatic rings. The lowest BCUT2D eigenvalue weighted by Crippen LogP contribution is -2.28. The Kier molecular flexibility index (Phi) is 8.67. The van der Waals surface area contributed by atoms with Crippen LogP contribution in [-0.2, 0) is 16.6 Å². The van der Waals surface area contributed by atoms with Crippen molar-refractivity contribution in [1.82, 2.24) is 20.1 Å². The van der Waals surface area contributed by atoms with E-state index >= 15 is 0 Å². The molecule has 0 bridgehead atoms. The van der Waals surface area contributed by atoms with Crippen molar-refractivity contribution in [3.63, 3.8) is 0 Å². The van der Waals surface area contributed by atoms with Crippen LogP contribution in [0.1, 0.15) is 46.4 Å². The van der Waals surface area contributed by atoms with Crippen molar-refractivity contribution in [2.45, 2.75) is 25.0 Å². The molecular formula is C23H24ClN5O4S. The van der Waals surface area contributed by atoms with E-state index in [0.717, 1.165) is 0 Å². The van der Waals surface area contributed by atoms with Gasteiger partial charge in [-0.3, -0.25) is 9.59 Å². The van der Waals surface area contributed by atoms with Crippen LogP contribution in [0.2, 0.25) is 5.02 Å². The third-order valence-electron chi connectivity index (χ3n) is 4.71. The number of nitrogens with zero attached hydrogens (tertiary/aromatic N) is 3. The number of aromatic nitrogens is 3. The SMILES string of the molecule is CCOC(=O)c1cccc(NC(=O)CSc2nnc([C@H](C)NC(=O)c3ccccc3Cl)n2C)c1. The van der Waals surface area contributed by atoms with E-state index < -0.39 is 12.0 Å². The maximum absolute atomic E-state index is 12.5. The molecule has 0 spiro atoms. The van der Waals surface area contributed by atoms with Crippen molar-refractivity contribution in [2.75, 3.05) is 17.7 Å². The lowest BCUT2D eigenvalue weighted by atomic mass is 10.2. The smallest absolute Gasteiger partial charge is 0.338 e. The van der Waals surface area contributed by atoms with E-state index in [1.54, 1.807) is 74.0 Å². The van der Waals surface area contributed by atoms with Crippen LogP contribution in [0.4, 0.5) is 5.69 Å². The predicted octanol–water partition coefficient (Wildman–Crippen LogP) is 3.87. The Hall–Kier alpha value is -3.37. The summed E-state index contributed by atoms with van der Waals surface area (Å²) < 4.78 is 6.70. The van der Waals surface area contributed by atoms with Crippen LogP contribution >= 0.6 is 23.4 Å². The summed E-state index contributed by atoms with van der Waals surface area (Å²) in [7, 11) is 1.76. The van der Waals surface area contributed by atoms with E-state index in [4.69, 9.17) is 16.3 Å². The minimum atomic E-state index is -0.449. The summed E-state index contributed by atoms with van der Waals surface area (Å²) in [6, 6.07) is 12.9. The molecule has 9 nitrogen and oxygen atoms in total. The Balaban J connectivity index is 1.57. The van der Waals surface area contributed by atoms with E-state index in [0.29, 0.717) is 32.8 Å². The number of halogens is 1. The molecule has 2 amide bonds. The van der Waals surface area contributed by atoms with Gasteiger partial charge in [0.2, 0.25) is 5.91 Å². The molecule has 178 valence electrons. The van der Waals surface area contributed by atoms with Gasteiger partial charge in [0, 0.05) is 12.7 Å². The molecule has 0 fully saturated rings. The fraction of sp³-hybridized carbons (Fsp3) is 0.261. The Morgan fingerprint density at radius 3 is 2.65 bits per heavy atom. The van der Waals surface area contributed by atoms with Gasteiger partial charge < -0.3 is 19.9 Å². The van der Waals surface area contributed by atoms with Gasteiger partial charge in [-0.1, -0.05) is 41.6 Å². The minimum absolute atomic E-state index is 0.0793. The van der Waals surface area contributed by atoms with Gasteiger partial charge in [0.1, 0.15) is 0 Å². The maximum Gasteiger partial charge on any atom is 0.338 e. The molecule has 2 aromatic carbocycles. The van der Waals surface area contributed by atoms with Gasteiger partial charge in [-0.2, -0.15) is 0 Å². The first-order chi connectivity index (χ1) is 16.3. The summed E-state index contributed by atoms with van der Waals surface area (Å²) in [6.07, 6.45) is 0. The van der Waals surface area contributed by atoms with Crippen molar-refractivity contribution in [2.24, 2.45) is 7.05 Å². The highest BCUT2D eigenvalue weighted by atomic mass is 35.5. The van der Waals surface area contributed by atoms with E-state index in [-0.39, 0.29) is 24.2 Å². The van der Waals surface area contributed by atoms with Crippen molar-refractivity contribution in [3.8, 4) is 0 Å². The summed E-state index contributed by atoms with van der Waals surface area (Å²) in [6.45, 7) is 3.79. The molecular weight excluding hydrogens is 478 g/mol. The molecule has 0 saturated heterocycles. The highest BCUT2D eigenvalue weighted by molar-refractivity contribution is 7.99. The number of ether oxygens (including phenoxy) is 1. The highest BCUT2D eigenvalue weighted by Gasteiger charge is 2.20. The number of carbonyl (C=O) groups is 3. The van der Waals surface area contributed by atoms with Gasteiger partial charge in [-0.15, -0.1) is 10.2 Å². The minimum Gasteiger partial charge on any atom is -0.462 e. The fourth-order valence-electron chi connectivity index (χ4n) is 3.08. The number of amides is 2. The van der Waals surface area contributed by atoms with Gasteiger partial charge in [0.05, 0.1) is 34.6 Å². The van der Waals surface area contributed by atoms with Crippen molar-refractivity contribution < 1.29 is 19.1 Å². The van der Waals surface area contributed by atoms with Crippen LogP contribution in [0, 0.1) is 0 Å². The number of hydrogen-bond donors (Lipinski definition) is 2. The van der Waals surface area contributed by atoms with Crippen LogP contribution in [0.25, 0.3) is 0 Å². The van der Waals surface area contributed by atoms with Crippen LogP contribution in [-0.4, -0.2) is 44.9 Å². The van der Waals surface area contributed by atoms with Crippen molar-refractivity contribution in [3.05, 3.63) is 70.5 Å². The summed E-state index contributed by atoms with van der Waals surface area (Å²) in [5.74, 6) is -0.424. The first kappa shape index (κ1) is 25.3. The molecule has 3 rings (SSSR count). The molecule has 1 heterocycles. The first-order valence-electron chi connectivity index (χ1n) is 10.4. The standard InChI is InChI=1S/C23H24ClN5O4S/c1-4-33-22(32)15-8-7-9-16(12-15)26-19(30)13-34-23-28-27-20(29(23)3)14(2)25-21(31)17-10-5-6-11-18(17)24/h5-12,14H,4,13H2,1-3H3,(H,25,31)(H,26,30)/t14-/m0/s1. The molecule has 34 heavy (non-hydrogen) atoms. The summed E-state index contributed by atoms with van der Waals surface area (Å²) in [5, 5.41) is 14.8. The molecule has 0 unspecified atom stereocenters. The number of carbonyl (C=O) groups excluding carboxylic acids is 3. The fourth-order valence-corrected chi connectivity index (χ4v) is 4.02. The quantitative estimate of drug-likeness (QED) is 0.338. The number of esters is 1. The molecule has 1 aromatic heterocycles. The number of anilines is 1. The normalized spacial score (nSPS) is 11.5. The number of nitrogens with one attached hydrogen (secondary N) is 2. The van der Waals surface area contributed by atoms with Crippen LogP contribution in [0.3, 0.4) is 0 Å². The summed E-state index contributed by atoms with van der Waals surface area (Å²) in [4.78, 5) is 36.8. The molecule has 0 aliphatic carbocycles. The largest absolute Gasteiger partial charge is 0.462 e. The second kappa shape index (κ2) is 11.7. The number of hydrogen-bond acceptors (Lipinski definition) is 7. The van der Waals surface area contributed by atoms with Crippen LogP contribution in [0.15, 0.2) is 53.7 Å². The second-order valence-electron chi connectivity index (χ2n) is 7.21. The van der Waals surface area contributed by atoms with Crippen molar-refractivity contribution in [1.29, 1.82) is 0 Å². The summed E-state index contributed by atoms with van der Waals surface area (Å²) in [5.41, 5.74) is 1.22. The average molecular weight is 502 g/mol. The van der Waals surface area contributed by atoms with E-state index in [9.17, 15) is 14.4 Å². The van der Waals surface area contributed by atoms with Crippen molar-refractivity contribution >= 4 is 46.8 Å². The van der Waals surface area contributed by atoms with E-state index in [2.05, 4.69) is 20.8 Å². The molecule has 2 N–H and O–H groups in total. The molecule has 1 atom stereocenters. The number of thioether (sulfide) groups is 1. The third kappa shape index (κ3) is 6.36. The molecule has 3 aromatic rings. The van der Waals surface area contributed by atoms with E-state index in [1.165, 1.54) is 11.8 Å². The molecule has 0 saturated carbocycles. The second-order valence-corrected chi connectivity index (χ2v) is 8.56. The van der Waals surface area contributed by atoms with E-state index in [1.807, 2.05) is 0 Å². The number of benzene rings is 2. The monoisotopic (exact) mass is 501 g/mol. The van der Waals surface area contributed by atoms with Gasteiger partial charge in [0.15, 0.2) is 11.0 Å². The zero-order valence-corrected chi connectivity index (χ0v) is 20.4. The molecule has 11 heteroatoms. The van der Waals surface area contributed by atoms with Gasteiger partial charge in [0.25, 0.3) is 5.91 Å². The zero-order chi connectivity index (χ0) is 24.7. The third-order valence-corrected chi connectivity index (χ3v) is 6.06. The molecule has 0 aliphatic heterocycles. The Morgan fingerprint density at radius 2 is 1.91 bits per heavy atom. The first-order valence-corrected chi connectivity index (χ1v) is 11.8. The Labute approximate surface area is 206 Å². The zero-order valence-electron chi connectivity index (χ0n) is 18.9. The van der Waals surface area contributed by atoms with Crippen LogP contribution in [0.5, 0.6) is 0 Å². The number of rotatable bonds is 9. The van der Waals surface area contributed by atoms with Gasteiger partial charge >= 0.3 is 5.97 Å². The lowest BCUT2D eigenvalue weighted by Gasteiger charge is -2.14. The highest BCUT2D eigenvalue weighted by Crippen LogP contribution is 2.21. The summed E-state index contributed by atoms with van der Waals surface area (Å²) >= 11 is 7.29. The van der Waals surface area contributed by atoms with Gasteiger partial charge in [-0.25, -0.2) is 4.79 Å². The molecule has 0 radical (unpaired) electrons. The van der Waals surface area contributed by atoms with Crippen LogP contribution < -0.4 is 10.6 Å². The topological polar surface area (TPSA) is 115 Å². The average Bonchev–Trinajstić information content (AvgIpc) is 3.18. The lowest BCUT2D eigenvalue weighted by molar-refractivity contribution is -0.113. The predicted molar refractivity (Wildman–Crippen MR) is 130 cm³/mol.